The molecule has 2 saturated heterocycles. The number of rotatable bonds is 5. The van der Waals surface area contributed by atoms with Crippen molar-refractivity contribution in [3.63, 3.8) is 0 Å². The molecule has 1 unspecified atom stereocenters. The molecule has 1 spiro atoms. The fourth-order valence-electron chi connectivity index (χ4n) is 3.51. The summed E-state index contributed by atoms with van der Waals surface area (Å²) >= 11 is 2.08. The maximum Gasteiger partial charge on any atom is 0.0713 e. The Labute approximate surface area is 122 Å². The molecule has 0 aliphatic carbocycles. The van der Waals surface area contributed by atoms with Crippen LogP contribution in [0.1, 0.15) is 46.0 Å². The van der Waals surface area contributed by atoms with Crippen molar-refractivity contribution in [1.29, 1.82) is 0 Å². The highest BCUT2D eigenvalue weighted by molar-refractivity contribution is 7.99. The Kier molecular flexibility index (Phi) is 6.00. The van der Waals surface area contributed by atoms with Gasteiger partial charge >= 0.3 is 0 Å². The summed E-state index contributed by atoms with van der Waals surface area (Å²) < 4.78 is 6.21. The van der Waals surface area contributed by atoms with Crippen LogP contribution in [0.15, 0.2) is 0 Å². The second-order valence-electron chi connectivity index (χ2n) is 6.26. The van der Waals surface area contributed by atoms with E-state index < -0.39 is 0 Å². The molecule has 2 fully saturated rings. The molecular weight excluding hydrogens is 256 g/mol. The fraction of sp³-hybridized carbons (Fsp3) is 1.00. The normalized spacial score (nSPS) is 27.3. The Morgan fingerprint density at radius 2 is 2.11 bits per heavy atom. The molecule has 3 nitrogen and oxygen atoms in total. The third kappa shape index (κ3) is 4.10. The van der Waals surface area contributed by atoms with Crippen LogP contribution in [0, 0.1) is 0 Å². The van der Waals surface area contributed by atoms with Crippen LogP contribution in [0.2, 0.25) is 0 Å². The van der Waals surface area contributed by atoms with Crippen molar-refractivity contribution in [1.82, 2.24) is 4.90 Å². The van der Waals surface area contributed by atoms with E-state index in [1.54, 1.807) is 0 Å². The van der Waals surface area contributed by atoms with Gasteiger partial charge in [0.1, 0.15) is 0 Å². The Morgan fingerprint density at radius 3 is 2.74 bits per heavy atom. The molecule has 0 aromatic carbocycles. The van der Waals surface area contributed by atoms with Gasteiger partial charge in [0, 0.05) is 18.7 Å². The molecule has 2 rings (SSSR count). The molecule has 19 heavy (non-hydrogen) atoms. The minimum atomic E-state index is 0.198. The maximum absolute atomic E-state index is 6.21. The van der Waals surface area contributed by atoms with Crippen LogP contribution in [-0.4, -0.2) is 53.8 Å². The van der Waals surface area contributed by atoms with Gasteiger partial charge in [0.05, 0.1) is 5.60 Å². The van der Waals surface area contributed by atoms with E-state index >= 15 is 0 Å². The highest BCUT2D eigenvalue weighted by Gasteiger charge is 2.40. The number of nitrogens with zero attached hydrogens (tertiary/aromatic N) is 1. The van der Waals surface area contributed by atoms with Gasteiger partial charge in [0.2, 0.25) is 0 Å². The summed E-state index contributed by atoms with van der Waals surface area (Å²) in [5, 5.41) is 0. The van der Waals surface area contributed by atoms with Gasteiger partial charge in [0.25, 0.3) is 0 Å². The van der Waals surface area contributed by atoms with Crippen molar-refractivity contribution in [2.75, 3.05) is 31.2 Å². The molecule has 0 radical (unpaired) electrons. The molecule has 2 aliphatic rings. The first-order valence-electron chi connectivity index (χ1n) is 7.84. The van der Waals surface area contributed by atoms with Crippen LogP contribution >= 0.6 is 11.8 Å². The lowest BCUT2D eigenvalue weighted by Gasteiger charge is -2.47. The zero-order valence-electron chi connectivity index (χ0n) is 12.6. The van der Waals surface area contributed by atoms with Crippen molar-refractivity contribution >= 4 is 11.8 Å². The Balaban J connectivity index is 1.97. The van der Waals surface area contributed by atoms with E-state index in [-0.39, 0.29) is 5.60 Å². The van der Waals surface area contributed by atoms with E-state index in [4.69, 9.17) is 10.5 Å². The first-order chi connectivity index (χ1) is 9.17. The third-order valence-electron chi connectivity index (χ3n) is 4.62. The highest BCUT2D eigenvalue weighted by atomic mass is 32.2. The Morgan fingerprint density at radius 1 is 1.37 bits per heavy atom. The lowest BCUT2D eigenvalue weighted by molar-refractivity contribution is -0.113. The van der Waals surface area contributed by atoms with Gasteiger partial charge in [-0.05, 0) is 70.5 Å². The van der Waals surface area contributed by atoms with E-state index in [0.717, 1.165) is 26.1 Å². The number of nitrogens with two attached hydrogens (primary N) is 1. The van der Waals surface area contributed by atoms with Crippen molar-refractivity contribution in [2.45, 2.75) is 63.6 Å². The minimum absolute atomic E-state index is 0.198. The molecule has 1 atom stereocenters. The molecule has 2 heterocycles. The second-order valence-corrected chi connectivity index (χ2v) is 7.49. The summed E-state index contributed by atoms with van der Waals surface area (Å²) in [6.45, 7) is 7.52. The molecule has 0 bridgehead atoms. The van der Waals surface area contributed by atoms with Crippen LogP contribution < -0.4 is 5.73 Å². The van der Waals surface area contributed by atoms with Crippen molar-refractivity contribution in [3.8, 4) is 0 Å². The summed E-state index contributed by atoms with van der Waals surface area (Å²) in [6, 6.07) is 1.31. The van der Waals surface area contributed by atoms with Gasteiger partial charge in [-0.1, -0.05) is 0 Å². The summed E-state index contributed by atoms with van der Waals surface area (Å²) in [4.78, 5) is 2.67. The number of ether oxygens (including phenoxy) is 1. The van der Waals surface area contributed by atoms with Crippen LogP contribution in [-0.2, 0) is 4.74 Å². The SMILES string of the molecule is CC(C)N(CCCN)C1CCOC2(CCSCC2)C1. The largest absolute Gasteiger partial charge is 0.375 e. The summed E-state index contributed by atoms with van der Waals surface area (Å²) in [7, 11) is 0. The lowest BCUT2D eigenvalue weighted by atomic mass is 9.84. The maximum atomic E-state index is 6.21. The number of thioether (sulfide) groups is 1. The highest BCUT2D eigenvalue weighted by Crippen LogP contribution is 2.39. The zero-order valence-corrected chi connectivity index (χ0v) is 13.4. The van der Waals surface area contributed by atoms with E-state index in [0.29, 0.717) is 12.1 Å². The van der Waals surface area contributed by atoms with E-state index in [2.05, 4.69) is 30.5 Å². The van der Waals surface area contributed by atoms with Gasteiger partial charge in [-0.15, -0.1) is 0 Å². The van der Waals surface area contributed by atoms with Crippen LogP contribution in [0.4, 0.5) is 0 Å². The quantitative estimate of drug-likeness (QED) is 0.843. The predicted molar refractivity (Wildman–Crippen MR) is 83.8 cm³/mol. The van der Waals surface area contributed by atoms with E-state index in [1.165, 1.54) is 37.2 Å². The van der Waals surface area contributed by atoms with Gasteiger partial charge in [-0.2, -0.15) is 11.8 Å². The molecule has 112 valence electrons. The first kappa shape index (κ1) is 15.6. The average Bonchev–Trinajstić information content (AvgIpc) is 2.40. The molecule has 2 N–H and O–H groups in total. The molecule has 0 aromatic heterocycles. The lowest BCUT2D eigenvalue weighted by Crippen LogP contribution is -2.52. The summed E-state index contributed by atoms with van der Waals surface area (Å²) in [5.74, 6) is 2.55. The zero-order chi connectivity index (χ0) is 13.7. The van der Waals surface area contributed by atoms with Gasteiger partial charge in [-0.25, -0.2) is 0 Å². The smallest absolute Gasteiger partial charge is 0.0713 e. The van der Waals surface area contributed by atoms with E-state index in [9.17, 15) is 0 Å². The third-order valence-corrected chi connectivity index (χ3v) is 5.61. The molecule has 4 heteroatoms. The Bertz CT molecular complexity index is 261. The topological polar surface area (TPSA) is 38.5 Å². The van der Waals surface area contributed by atoms with Crippen molar-refractivity contribution < 1.29 is 4.74 Å². The van der Waals surface area contributed by atoms with Crippen molar-refractivity contribution in [3.05, 3.63) is 0 Å². The van der Waals surface area contributed by atoms with Gasteiger partial charge < -0.3 is 10.5 Å². The second kappa shape index (κ2) is 7.30. The van der Waals surface area contributed by atoms with Gasteiger partial charge in [-0.3, -0.25) is 4.90 Å². The molecule has 0 saturated carbocycles. The predicted octanol–water partition coefficient (Wildman–Crippen LogP) is 2.49. The van der Waals surface area contributed by atoms with Crippen LogP contribution in [0.3, 0.4) is 0 Å². The van der Waals surface area contributed by atoms with Crippen molar-refractivity contribution in [2.24, 2.45) is 5.73 Å². The number of hydrogen-bond acceptors (Lipinski definition) is 4. The molecular formula is C15H30N2OS. The summed E-state index contributed by atoms with van der Waals surface area (Å²) in [6.07, 6.45) is 6.03. The molecule has 2 aliphatic heterocycles. The monoisotopic (exact) mass is 286 g/mol. The Hall–Kier alpha value is 0.230. The fourth-order valence-corrected chi connectivity index (χ4v) is 4.75. The van der Waals surface area contributed by atoms with Crippen LogP contribution in [0.5, 0.6) is 0 Å². The average molecular weight is 286 g/mol. The van der Waals surface area contributed by atoms with Gasteiger partial charge in [0.15, 0.2) is 0 Å². The van der Waals surface area contributed by atoms with E-state index in [1.807, 2.05) is 0 Å². The standard InChI is InChI=1S/C15H30N2OS/c1-13(2)17(8-3-7-16)14-4-9-18-15(12-14)5-10-19-11-6-15/h13-14H,3-12,16H2,1-2H3. The number of hydrogen-bond donors (Lipinski definition) is 1. The summed E-state index contributed by atoms with van der Waals surface area (Å²) in [5.41, 5.74) is 5.89. The van der Waals surface area contributed by atoms with Crippen LogP contribution in [0.25, 0.3) is 0 Å². The minimum Gasteiger partial charge on any atom is -0.375 e. The first-order valence-corrected chi connectivity index (χ1v) is 9.00. The molecule has 0 amide bonds. The molecule has 0 aromatic rings.